The fourth-order valence-electron chi connectivity index (χ4n) is 4.14. The highest BCUT2D eigenvalue weighted by Crippen LogP contribution is 2.29. The lowest BCUT2D eigenvalue weighted by molar-refractivity contribution is 0.0762. The first-order valence-electron chi connectivity index (χ1n) is 9.91. The molecule has 1 aliphatic heterocycles. The molecule has 28 heavy (non-hydrogen) atoms. The van der Waals surface area contributed by atoms with Gasteiger partial charge in [-0.2, -0.15) is 5.10 Å². The van der Waals surface area contributed by atoms with E-state index in [1.807, 2.05) is 69.8 Å². The molecule has 6 heteroatoms. The quantitative estimate of drug-likeness (QED) is 0.535. The summed E-state index contributed by atoms with van der Waals surface area (Å²) in [5.74, 6) is 0.126. The molecule has 0 atom stereocenters. The van der Waals surface area contributed by atoms with Crippen LogP contribution in [0.15, 0.2) is 48.8 Å². The van der Waals surface area contributed by atoms with E-state index >= 15 is 0 Å². The second-order valence-corrected chi connectivity index (χ2v) is 7.48. The number of rotatable bonds is 2. The molecule has 1 fully saturated rings. The van der Waals surface area contributed by atoms with Crippen molar-refractivity contribution in [3.05, 3.63) is 54.4 Å². The summed E-state index contributed by atoms with van der Waals surface area (Å²) in [6.45, 7) is 1.71. The van der Waals surface area contributed by atoms with E-state index in [9.17, 15) is 4.79 Å². The van der Waals surface area contributed by atoms with Crippen molar-refractivity contribution in [2.45, 2.75) is 25.7 Å². The van der Waals surface area contributed by atoms with E-state index in [0.29, 0.717) is 0 Å². The Kier molecular flexibility index (Phi) is 4.11. The SMILES string of the molecule is Cn1nc(-c2cnc3ccccn23)c2ccc(C(=O)N3CCCCCC3)cc21. The summed E-state index contributed by atoms with van der Waals surface area (Å²) in [6.07, 6.45) is 8.47. The number of nitrogens with zero attached hydrogens (tertiary/aromatic N) is 5. The van der Waals surface area contributed by atoms with Crippen LogP contribution in [-0.2, 0) is 7.05 Å². The van der Waals surface area contributed by atoms with E-state index in [1.165, 1.54) is 12.8 Å². The first-order valence-corrected chi connectivity index (χ1v) is 9.91. The van der Waals surface area contributed by atoms with E-state index in [0.717, 1.165) is 59.4 Å². The lowest BCUT2D eigenvalue weighted by Gasteiger charge is -2.20. The van der Waals surface area contributed by atoms with Crippen LogP contribution in [0.1, 0.15) is 36.0 Å². The van der Waals surface area contributed by atoms with Gasteiger partial charge in [0, 0.05) is 37.3 Å². The molecule has 1 saturated heterocycles. The van der Waals surface area contributed by atoms with Crippen molar-refractivity contribution in [1.82, 2.24) is 24.1 Å². The topological polar surface area (TPSA) is 55.4 Å². The number of fused-ring (bicyclic) bond motifs is 2. The van der Waals surface area contributed by atoms with Crippen molar-refractivity contribution in [3.63, 3.8) is 0 Å². The van der Waals surface area contributed by atoms with Crippen LogP contribution in [0.5, 0.6) is 0 Å². The van der Waals surface area contributed by atoms with Crippen LogP contribution < -0.4 is 0 Å². The van der Waals surface area contributed by atoms with Crippen molar-refractivity contribution < 1.29 is 4.79 Å². The highest BCUT2D eigenvalue weighted by atomic mass is 16.2. The van der Waals surface area contributed by atoms with Crippen LogP contribution in [0.3, 0.4) is 0 Å². The number of aryl methyl sites for hydroxylation is 1. The summed E-state index contributed by atoms with van der Waals surface area (Å²) in [5, 5.41) is 5.77. The highest BCUT2D eigenvalue weighted by molar-refractivity contribution is 6.01. The van der Waals surface area contributed by atoms with Gasteiger partial charge in [-0.3, -0.25) is 13.9 Å². The predicted molar refractivity (Wildman–Crippen MR) is 109 cm³/mol. The summed E-state index contributed by atoms with van der Waals surface area (Å²) in [7, 11) is 1.93. The molecule has 1 aromatic carbocycles. The number of likely N-dealkylation sites (tertiary alicyclic amines) is 1. The molecule has 0 unspecified atom stereocenters. The molecular weight excluding hydrogens is 350 g/mol. The van der Waals surface area contributed by atoms with Crippen LogP contribution in [-0.4, -0.2) is 43.1 Å². The van der Waals surface area contributed by atoms with Crippen LogP contribution in [0.25, 0.3) is 27.9 Å². The maximum Gasteiger partial charge on any atom is 0.253 e. The Hall–Kier alpha value is -3.15. The van der Waals surface area contributed by atoms with Crippen LogP contribution in [0.4, 0.5) is 0 Å². The van der Waals surface area contributed by atoms with Crippen LogP contribution >= 0.6 is 0 Å². The molecule has 0 bridgehead atoms. The van der Waals surface area contributed by atoms with Crippen LogP contribution in [0.2, 0.25) is 0 Å². The van der Waals surface area contributed by atoms with Gasteiger partial charge in [0.25, 0.3) is 5.91 Å². The smallest absolute Gasteiger partial charge is 0.253 e. The second-order valence-electron chi connectivity index (χ2n) is 7.48. The molecule has 4 aromatic rings. The van der Waals surface area contributed by atoms with Gasteiger partial charge in [-0.25, -0.2) is 4.98 Å². The van der Waals surface area contributed by atoms with Crippen LogP contribution in [0, 0.1) is 0 Å². The molecular formula is C22H23N5O. The number of hydrogen-bond donors (Lipinski definition) is 0. The number of hydrogen-bond acceptors (Lipinski definition) is 3. The third-order valence-electron chi connectivity index (χ3n) is 5.65. The average molecular weight is 373 g/mol. The summed E-state index contributed by atoms with van der Waals surface area (Å²) < 4.78 is 3.89. The second kappa shape index (κ2) is 6.78. The van der Waals surface area contributed by atoms with Gasteiger partial charge in [0.15, 0.2) is 0 Å². The van der Waals surface area contributed by atoms with E-state index in [2.05, 4.69) is 4.98 Å². The van der Waals surface area contributed by atoms with Gasteiger partial charge in [0.1, 0.15) is 11.3 Å². The number of carbonyl (C=O) groups is 1. The summed E-state index contributed by atoms with van der Waals surface area (Å²) >= 11 is 0. The molecule has 0 radical (unpaired) electrons. The van der Waals surface area contributed by atoms with Gasteiger partial charge in [-0.1, -0.05) is 18.9 Å². The van der Waals surface area contributed by atoms with Gasteiger partial charge in [-0.15, -0.1) is 0 Å². The minimum absolute atomic E-state index is 0.126. The number of carbonyl (C=O) groups excluding carboxylic acids is 1. The standard InChI is InChI=1S/C22H23N5O/c1-25-18-14-16(22(28)26-11-5-2-3-6-12-26)9-10-17(18)21(24-25)19-15-23-20-8-4-7-13-27(19)20/h4,7-10,13-15H,2-3,5-6,11-12H2,1H3. The van der Waals surface area contributed by atoms with Crippen molar-refractivity contribution in [2.24, 2.45) is 7.05 Å². The van der Waals surface area contributed by atoms with E-state index < -0.39 is 0 Å². The zero-order valence-electron chi connectivity index (χ0n) is 16.0. The van der Waals surface area contributed by atoms with E-state index in [1.54, 1.807) is 0 Å². The Bertz CT molecular complexity index is 1160. The molecule has 0 saturated carbocycles. The molecule has 3 aromatic heterocycles. The molecule has 1 amide bonds. The van der Waals surface area contributed by atoms with E-state index in [-0.39, 0.29) is 5.91 Å². The zero-order valence-corrected chi connectivity index (χ0v) is 16.0. The first-order chi connectivity index (χ1) is 13.7. The molecule has 0 aliphatic carbocycles. The fraction of sp³-hybridized carbons (Fsp3) is 0.318. The van der Waals surface area contributed by atoms with Crippen molar-refractivity contribution in [2.75, 3.05) is 13.1 Å². The van der Waals surface area contributed by atoms with Crippen molar-refractivity contribution in [3.8, 4) is 11.4 Å². The maximum atomic E-state index is 13.0. The number of imidazole rings is 1. The normalized spacial score (nSPS) is 15.2. The van der Waals surface area contributed by atoms with E-state index in [4.69, 9.17) is 5.10 Å². The number of pyridine rings is 1. The monoisotopic (exact) mass is 373 g/mol. The Balaban J connectivity index is 1.57. The Labute approximate surface area is 163 Å². The first kappa shape index (κ1) is 17.0. The summed E-state index contributed by atoms with van der Waals surface area (Å²) in [4.78, 5) is 19.5. The number of aromatic nitrogens is 4. The minimum Gasteiger partial charge on any atom is -0.339 e. The van der Waals surface area contributed by atoms with Crippen molar-refractivity contribution in [1.29, 1.82) is 0 Å². The lowest BCUT2D eigenvalue weighted by atomic mass is 10.1. The number of amides is 1. The zero-order chi connectivity index (χ0) is 19.1. The molecule has 142 valence electrons. The maximum absolute atomic E-state index is 13.0. The average Bonchev–Trinajstić information content (AvgIpc) is 3.16. The lowest BCUT2D eigenvalue weighted by Crippen LogP contribution is -2.31. The predicted octanol–water partition coefficient (Wildman–Crippen LogP) is 3.90. The Morgan fingerprint density at radius 3 is 2.68 bits per heavy atom. The fourth-order valence-corrected chi connectivity index (χ4v) is 4.14. The highest BCUT2D eigenvalue weighted by Gasteiger charge is 2.20. The molecule has 5 rings (SSSR count). The van der Waals surface area contributed by atoms with Gasteiger partial charge in [0.05, 0.1) is 17.4 Å². The minimum atomic E-state index is 0.126. The third kappa shape index (κ3) is 2.76. The van der Waals surface area contributed by atoms with Crippen molar-refractivity contribution >= 4 is 22.5 Å². The van der Waals surface area contributed by atoms with Gasteiger partial charge in [-0.05, 0) is 43.2 Å². The third-order valence-corrected chi connectivity index (χ3v) is 5.65. The summed E-state index contributed by atoms with van der Waals surface area (Å²) in [5.41, 5.74) is 4.42. The van der Waals surface area contributed by atoms with Gasteiger partial charge >= 0.3 is 0 Å². The molecule has 4 heterocycles. The summed E-state index contributed by atoms with van der Waals surface area (Å²) in [6, 6.07) is 11.9. The Morgan fingerprint density at radius 1 is 1.04 bits per heavy atom. The van der Waals surface area contributed by atoms with Gasteiger partial charge in [0.2, 0.25) is 0 Å². The number of benzene rings is 1. The van der Waals surface area contributed by atoms with Gasteiger partial charge < -0.3 is 4.90 Å². The molecule has 1 aliphatic rings. The Morgan fingerprint density at radius 2 is 1.86 bits per heavy atom. The molecule has 0 N–H and O–H groups in total. The largest absolute Gasteiger partial charge is 0.339 e. The molecule has 6 nitrogen and oxygen atoms in total. The molecule has 0 spiro atoms.